The molecule has 2 heterocycles. The van der Waals surface area contributed by atoms with Crippen molar-refractivity contribution in [1.29, 1.82) is 0 Å². The summed E-state index contributed by atoms with van der Waals surface area (Å²) < 4.78 is 18.2. The van der Waals surface area contributed by atoms with Crippen LogP contribution in [0.5, 0.6) is 11.5 Å². The number of fused-ring (bicyclic) bond motifs is 3. The first-order valence-electron chi connectivity index (χ1n) is 10.3. The van der Waals surface area contributed by atoms with E-state index in [1.165, 1.54) is 5.56 Å². The van der Waals surface area contributed by atoms with Crippen molar-refractivity contribution in [2.75, 3.05) is 7.11 Å². The topological polar surface area (TPSA) is 65.0 Å². The predicted octanol–water partition coefficient (Wildman–Crippen LogP) is 5.30. The van der Waals surface area contributed by atoms with E-state index in [-0.39, 0.29) is 12.0 Å². The molecule has 1 fully saturated rings. The molecule has 2 aromatic carbocycles. The van der Waals surface area contributed by atoms with Crippen molar-refractivity contribution in [3.8, 4) is 11.5 Å². The molecule has 4 atom stereocenters. The van der Waals surface area contributed by atoms with Crippen LogP contribution in [0.4, 0.5) is 0 Å². The van der Waals surface area contributed by atoms with Crippen LogP contribution >= 0.6 is 11.6 Å². The largest absolute Gasteiger partial charge is 0.497 e. The number of benzene rings is 2. The van der Waals surface area contributed by atoms with Crippen LogP contribution in [0.25, 0.3) is 0 Å². The smallest absolute Gasteiger partial charge is 0.309 e. The molecular weight excluding hydrogens is 404 g/mol. The van der Waals surface area contributed by atoms with Gasteiger partial charge in [0.25, 0.3) is 0 Å². The second kappa shape index (κ2) is 8.12. The second-order valence-electron chi connectivity index (χ2n) is 8.64. The Labute approximate surface area is 181 Å². The van der Waals surface area contributed by atoms with Gasteiger partial charge in [-0.2, -0.15) is 0 Å². The number of hydrogen-bond acceptors (Lipinski definition) is 4. The fraction of sp³-hybridized carbons (Fsp3) is 0.458. The van der Waals surface area contributed by atoms with E-state index in [1.807, 2.05) is 38.1 Å². The first-order valence-corrected chi connectivity index (χ1v) is 10.7. The maximum Gasteiger partial charge on any atom is 0.309 e. The lowest BCUT2D eigenvalue weighted by molar-refractivity contribution is -0.188. The van der Waals surface area contributed by atoms with Crippen LogP contribution in [0.2, 0.25) is 5.02 Å². The Hall–Kier alpha value is -2.24. The molecule has 5 nitrogen and oxygen atoms in total. The minimum atomic E-state index is -0.822. The van der Waals surface area contributed by atoms with E-state index in [0.29, 0.717) is 29.4 Å². The minimum Gasteiger partial charge on any atom is -0.497 e. The Morgan fingerprint density at radius 1 is 1.27 bits per heavy atom. The zero-order valence-electron chi connectivity index (χ0n) is 17.4. The number of hydrogen-bond donors (Lipinski definition) is 1. The van der Waals surface area contributed by atoms with Gasteiger partial charge in [0.15, 0.2) is 0 Å². The third kappa shape index (κ3) is 3.88. The van der Waals surface area contributed by atoms with E-state index in [9.17, 15) is 9.90 Å². The van der Waals surface area contributed by atoms with Crippen LogP contribution < -0.4 is 9.47 Å². The molecule has 0 aromatic heterocycles. The molecule has 2 aromatic rings. The van der Waals surface area contributed by atoms with Crippen molar-refractivity contribution in [3.63, 3.8) is 0 Å². The van der Waals surface area contributed by atoms with E-state index in [4.69, 9.17) is 25.8 Å². The van der Waals surface area contributed by atoms with Crippen molar-refractivity contribution >= 4 is 17.6 Å². The maximum absolute atomic E-state index is 12.1. The average molecular weight is 431 g/mol. The Morgan fingerprint density at radius 2 is 2.00 bits per heavy atom. The maximum atomic E-state index is 12.1. The molecule has 2 aliphatic rings. The van der Waals surface area contributed by atoms with Crippen LogP contribution in [0, 0.1) is 11.8 Å². The zero-order chi connectivity index (χ0) is 21.5. The van der Waals surface area contributed by atoms with Crippen molar-refractivity contribution in [1.82, 2.24) is 0 Å². The van der Waals surface area contributed by atoms with Crippen LogP contribution in [0.15, 0.2) is 42.5 Å². The summed E-state index contributed by atoms with van der Waals surface area (Å²) in [5, 5.41) is 10.4. The van der Waals surface area contributed by atoms with Gasteiger partial charge in [-0.1, -0.05) is 41.9 Å². The molecule has 6 heteroatoms. The standard InChI is InChI=1S/C24H27ClO5/c1-24(2)18-13-16(23(26)27)20(10-9-14-7-5-4-6-8-14)29-21(18)17-11-15(28-3)12-19(25)22(17)30-24/h4-8,11-12,16,18,20-21H,9-10,13H2,1-3H3,(H,26,27)/t16-,18+,20+,21-/m1/s1. The lowest BCUT2D eigenvalue weighted by atomic mass is 9.71. The highest BCUT2D eigenvalue weighted by atomic mass is 35.5. The summed E-state index contributed by atoms with van der Waals surface area (Å²) in [6.07, 6.45) is 1.20. The van der Waals surface area contributed by atoms with E-state index >= 15 is 0 Å². The molecule has 4 rings (SSSR count). The number of aliphatic carboxylic acids is 1. The van der Waals surface area contributed by atoms with Gasteiger partial charge in [-0.3, -0.25) is 4.79 Å². The normalized spacial score (nSPS) is 26.8. The van der Waals surface area contributed by atoms with Crippen LogP contribution in [-0.2, 0) is 16.0 Å². The van der Waals surface area contributed by atoms with E-state index in [2.05, 4.69) is 12.1 Å². The fourth-order valence-electron chi connectivity index (χ4n) is 4.71. The summed E-state index contributed by atoms with van der Waals surface area (Å²) in [5.74, 6) is -0.288. The number of carboxylic acids is 1. The second-order valence-corrected chi connectivity index (χ2v) is 9.05. The predicted molar refractivity (Wildman–Crippen MR) is 114 cm³/mol. The van der Waals surface area contributed by atoms with Crippen LogP contribution in [0.3, 0.4) is 0 Å². The Bertz CT molecular complexity index is 927. The van der Waals surface area contributed by atoms with Crippen molar-refractivity contribution in [2.24, 2.45) is 11.8 Å². The lowest BCUT2D eigenvalue weighted by Crippen LogP contribution is -2.52. The number of rotatable bonds is 5. The van der Waals surface area contributed by atoms with Gasteiger partial charge in [-0.25, -0.2) is 0 Å². The van der Waals surface area contributed by atoms with Crippen LogP contribution in [-0.4, -0.2) is 29.9 Å². The number of aryl methyl sites for hydroxylation is 1. The Balaban J connectivity index is 1.67. The van der Waals surface area contributed by atoms with Gasteiger partial charge in [0, 0.05) is 17.5 Å². The molecule has 30 heavy (non-hydrogen) atoms. The number of carboxylic acid groups (broad SMARTS) is 1. The average Bonchev–Trinajstić information content (AvgIpc) is 2.73. The van der Waals surface area contributed by atoms with Gasteiger partial charge in [0.05, 0.1) is 30.3 Å². The molecule has 0 saturated carbocycles. The highest BCUT2D eigenvalue weighted by Crippen LogP contribution is 2.54. The van der Waals surface area contributed by atoms with Crippen molar-refractivity contribution in [2.45, 2.75) is 50.9 Å². The number of carbonyl (C=O) groups is 1. The van der Waals surface area contributed by atoms with E-state index < -0.39 is 23.6 Å². The summed E-state index contributed by atoms with van der Waals surface area (Å²) in [5.41, 5.74) is 1.40. The summed E-state index contributed by atoms with van der Waals surface area (Å²) in [4.78, 5) is 12.1. The van der Waals surface area contributed by atoms with Gasteiger partial charge in [0.1, 0.15) is 17.1 Å². The van der Waals surface area contributed by atoms with Crippen LogP contribution in [0.1, 0.15) is 43.9 Å². The zero-order valence-corrected chi connectivity index (χ0v) is 18.2. The van der Waals surface area contributed by atoms with E-state index in [1.54, 1.807) is 13.2 Å². The lowest BCUT2D eigenvalue weighted by Gasteiger charge is -2.50. The molecule has 1 N–H and O–H groups in total. The minimum absolute atomic E-state index is 0.109. The monoisotopic (exact) mass is 430 g/mol. The molecule has 0 unspecified atom stereocenters. The number of ether oxygens (including phenoxy) is 3. The molecule has 2 aliphatic heterocycles. The summed E-state index contributed by atoms with van der Waals surface area (Å²) in [6.45, 7) is 3.95. The van der Waals surface area contributed by atoms with Gasteiger partial charge < -0.3 is 19.3 Å². The first-order chi connectivity index (χ1) is 14.3. The highest BCUT2D eigenvalue weighted by Gasteiger charge is 2.52. The van der Waals surface area contributed by atoms with Crippen molar-refractivity contribution < 1.29 is 24.1 Å². The van der Waals surface area contributed by atoms with Gasteiger partial charge in [0.2, 0.25) is 0 Å². The molecule has 0 amide bonds. The molecule has 0 spiro atoms. The van der Waals surface area contributed by atoms with Gasteiger partial charge in [-0.15, -0.1) is 0 Å². The molecule has 160 valence electrons. The number of halogens is 1. The first kappa shape index (κ1) is 21.0. The van der Waals surface area contributed by atoms with Gasteiger partial charge >= 0.3 is 5.97 Å². The number of methoxy groups -OCH3 is 1. The summed E-state index contributed by atoms with van der Waals surface area (Å²) >= 11 is 6.49. The molecule has 0 aliphatic carbocycles. The molecule has 0 bridgehead atoms. The molecular formula is C24H27ClO5. The Kier molecular flexibility index (Phi) is 5.69. The highest BCUT2D eigenvalue weighted by molar-refractivity contribution is 6.32. The fourth-order valence-corrected chi connectivity index (χ4v) is 4.97. The summed E-state index contributed by atoms with van der Waals surface area (Å²) in [7, 11) is 1.59. The Morgan fingerprint density at radius 3 is 2.67 bits per heavy atom. The molecule has 1 saturated heterocycles. The molecule has 0 radical (unpaired) electrons. The summed E-state index contributed by atoms with van der Waals surface area (Å²) in [6, 6.07) is 13.7. The SMILES string of the molecule is COc1cc(Cl)c2c(c1)[C@H]1O[C@@H](CCc3ccccc3)[C@H](C(=O)O)C[C@@H]1C(C)(C)O2. The van der Waals surface area contributed by atoms with E-state index in [0.717, 1.165) is 12.0 Å². The quantitative estimate of drug-likeness (QED) is 0.697. The van der Waals surface area contributed by atoms with Gasteiger partial charge in [-0.05, 0) is 44.7 Å². The third-order valence-electron chi connectivity index (χ3n) is 6.37. The van der Waals surface area contributed by atoms with Crippen molar-refractivity contribution in [3.05, 3.63) is 58.6 Å². The third-order valence-corrected chi connectivity index (χ3v) is 6.65.